The first-order valence-electron chi connectivity index (χ1n) is 6.85. The second-order valence-corrected chi connectivity index (χ2v) is 6.87. The van der Waals surface area contributed by atoms with E-state index in [1.165, 1.54) is 8.61 Å². The maximum Gasteiger partial charge on any atom is 0.308 e. The van der Waals surface area contributed by atoms with Crippen LogP contribution in [0.5, 0.6) is 0 Å². The highest BCUT2D eigenvalue weighted by Gasteiger charge is 2.43. The van der Waals surface area contributed by atoms with Crippen molar-refractivity contribution in [2.24, 2.45) is 5.92 Å². The van der Waals surface area contributed by atoms with E-state index in [2.05, 4.69) is 0 Å². The Morgan fingerprint density at radius 1 is 1.32 bits per heavy atom. The molecule has 1 saturated heterocycles. The topological polar surface area (TPSA) is 77.9 Å². The number of carboxylic acids is 1. The van der Waals surface area contributed by atoms with Crippen LogP contribution in [0, 0.1) is 5.92 Å². The summed E-state index contributed by atoms with van der Waals surface area (Å²) >= 11 is 0. The number of rotatable bonds is 7. The molecule has 0 bridgehead atoms. The molecule has 7 heteroatoms. The van der Waals surface area contributed by atoms with Gasteiger partial charge in [0.1, 0.15) is 0 Å². The van der Waals surface area contributed by atoms with Crippen LogP contribution in [0.25, 0.3) is 0 Å². The average molecular weight is 292 g/mol. The molecule has 2 atom stereocenters. The van der Waals surface area contributed by atoms with Gasteiger partial charge in [0, 0.05) is 25.7 Å². The third kappa shape index (κ3) is 3.46. The Labute approximate surface area is 115 Å². The monoisotopic (exact) mass is 292 g/mol. The molecule has 0 aromatic carbocycles. The van der Waals surface area contributed by atoms with Crippen LogP contribution in [-0.2, 0) is 15.0 Å². The van der Waals surface area contributed by atoms with Gasteiger partial charge in [-0.05, 0) is 26.2 Å². The number of nitrogens with zero attached hydrogens (tertiary/aromatic N) is 2. The van der Waals surface area contributed by atoms with Gasteiger partial charge in [-0.15, -0.1) is 0 Å². The van der Waals surface area contributed by atoms with Crippen molar-refractivity contribution in [1.82, 2.24) is 8.61 Å². The van der Waals surface area contributed by atoms with Crippen LogP contribution in [-0.4, -0.2) is 53.8 Å². The maximum absolute atomic E-state index is 12.6. The molecular formula is C12H24N2O4S. The SMILES string of the molecule is CCCN(CCC)S(=O)(=O)N1CCC(C(=O)O)C1C. The Kier molecular flexibility index (Phi) is 5.76. The number of carbonyl (C=O) groups is 1. The molecule has 0 amide bonds. The Morgan fingerprint density at radius 3 is 2.21 bits per heavy atom. The fourth-order valence-corrected chi connectivity index (χ4v) is 4.58. The molecular weight excluding hydrogens is 268 g/mol. The van der Waals surface area contributed by atoms with E-state index in [1.807, 2.05) is 13.8 Å². The van der Waals surface area contributed by atoms with Crippen molar-refractivity contribution in [1.29, 1.82) is 0 Å². The van der Waals surface area contributed by atoms with Gasteiger partial charge in [0.25, 0.3) is 10.2 Å². The number of aliphatic carboxylic acids is 1. The standard InChI is InChI=1S/C12H24N2O4S/c1-4-7-13(8-5-2)19(17,18)14-9-6-11(10(14)3)12(15)16/h10-11H,4-9H2,1-3H3,(H,15,16). The Balaban J connectivity index is 2.90. The zero-order valence-corrected chi connectivity index (χ0v) is 12.7. The molecule has 0 spiro atoms. The fourth-order valence-electron chi connectivity index (χ4n) is 2.56. The summed E-state index contributed by atoms with van der Waals surface area (Å²) in [7, 11) is -3.54. The lowest BCUT2D eigenvalue weighted by Crippen LogP contribution is -2.47. The Morgan fingerprint density at radius 2 is 1.84 bits per heavy atom. The summed E-state index contributed by atoms with van der Waals surface area (Å²) in [6, 6.07) is -0.473. The first-order chi connectivity index (χ1) is 8.86. The molecule has 1 fully saturated rings. The molecule has 1 heterocycles. The minimum Gasteiger partial charge on any atom is -0.481 e. The van der Waals surface area contributed by atoms with E-state index < -0.39 is 28.1 Å². The minimum absolute atomic E-state index is 0.296. The van der Waals surface area contributed by atoms with E-state index in [0.29, 0.717) is 26.1 Å². The fraction of sp³-hybridized carbons (Fsp3) is 0.917. The molecule has 2 unspecified atom stereocenters. The van der Waals surface area contributed by atoms with Crippen LogP contribution in [0.4, 0.5) is 0 Å². The molecule has 0 saturated carbocycles. The van der Waals surface area contributed by atoms with Gasteiger partial charge in [0.15, 0.2) is 0 Å². The van der Waals surface area contributed by atoms with Crippen LogP contribution < -0.4 is 0 Å². The summed E-state index contributed by atoms with van der Waals surface area (Å²) in [5.74, 6) is -1.51. The highest BCUT2D eigenvalue weighted by Crippen LogP contribution is 2.28. The Bertz CT molecular complexity index is 404. The second kappa shape index (κ2) is 6.67. The molecule has 1 N–H and O–H groups in total. The molecule has 0 radical (unpaired) electrons. The van der Waals surface area contributed by atoms with Crippen LogP contribution in [0.1, 0.15) is 40.0 Å². The van der Waals surface area contributed by atoms with Crippen molar-refractivity contribution >= 4 is 16.2 Å². The van der Waals surface area contributed by atoms with Crippen molar-refractivity contribution in [2.45, 2.75) is 46.1 Å². The summed E-state index contributed by atoms with van der Waals surface area (Å²) in [6.45, 7) is 6.81. The van der Waals surface area contributed by atoms with E-state index >= 15 is 0 Å². The van der Waals surface area contributed by atoms with Crippen LogP contribution in [0.2, 0.25) is 0 Å². The summed E-state index contributed by atoms with van der Waals surface area (Å²) in [5.41, 5.74) is 0. The van der Waals surface area contributed by atoms with Crippen LogP contribution >= 0.6 is 0 Å². The third-order valence-corrected chi connectivity index (χ3v) is 5.71. The molecule has 19 heavy (non-hydrogen) atoms. The molecule has 1 aliphatic rings. The molecule has 0 aliphatic carbocycles. The van der Waals surface area contributed by atoms with E-state index in [4.69, 9.17) is 5.11 Å². The van der Waals surface area contributed by atoms with Crippen molar-refractivity contribution in [2.75, 3.05) is 19.6 Å². The quantitative estimate of drug-likeness (QED) is 0.763. The smallest absolute Gasteiger partial charge is 0.308 e. The van der Waals surface area contributed by atoms with Gasteiger partial charge >= 0.3 is 5.97 Å². The Hall–Kier alpha value is -0.660. The summed E-state index contributed by atoms with van der Waals surface area (Å²) in [4.78, 5) is 11.1. The maximum atomic E-state index is 12.6. The average Bonchev–Trinajstić information content (AvgIpc) is 2.71. The molecule has 0 aromatic rings. The van der Waals surface area contributed by atoms with E-state index in [-0.39, 0.29) is 0 Å². The van der Waals surface area contributed by atoms with Gasteiger partial charge in [-0.1, -0.05) is 13.8 Å². The van der Waals surface area contributed by atoms with E-state index in [0.717, 1.165) is 12.8 Å². The number of carboxylic acid groups (broad SMARTS) is 1. The first-order valence-corrected chi connectivity index (χ1v) is 8.25. The lowest BCUT2D eigenvalue weighted by atomic mass is 10.0. The van der Waals surface area contributed by atoms with Crippen molar-refractivity contribution in [3.63, 3.8) is 0 Å². The molecule has 6 nitrogen and oxygen atoms in total. The van der Waals surface area contributed by atoms with E-state index in [9.17, 15) is 13.2 Å². The van der Waals surface area contributed by atoms with E-state index in [1.54, 1.807) is 6.92 Å². The largest absolute Gasteiger partial charge is 0.481 e. The molecule has 112 valence electrons. The predicted molar refractivity (Wildman–Crippen MR) is 73.0 cm³/mol. The first kappa shape index (κ1) is 16.4. The normalized spacial score (nSPS) is 25.1. The zero-order valence-electron chi connectivity index (χ0n) is 11.9. The summed E-state index contributed by atoms with van der Waals surface area (Å²) < 4.78 is 27.9. The second-order valence-electron chi connectivity index (χ2n) is 4.99. The predicted octanol–water partition coefficient (Wildman–Crippen LogP) is 1.15. The van der Waals surface area contributed by atoms with Gasteiger partial charge in [0.05, 0.1) is 5.92 Å². The zero-order chi connectivity index (χ0) is 14.6. The van der Waals surface area contributed by atoms with Gasteiger partial charge < -0.3 is 5.11 Å². The highest BCUT2D eigenvalue weighted by molar-refractivity contribution is 7.86. The van der Waals surface area contributed by atoms with Crippen molar-refractivity contribution in [3.8, 4) is 0 Å². The minimum atomic E-state index is -3.54. The summed E-state index contributed by atoms with van der Waals surface area (Å²) in [5, 5.41) is 9.08. The van der Waals surface area contributed by atoms with Gasteiger partial charge in [-0.2, -0.15) is 17.0 Å². The van der Waals surface area contributed by atoms with Gasteiger partial charge in [0.2, 0.25) is 0 Å². The van der Waals surface area contributed by atoms with Gasteiger partial charge in [-0.3, -0.25) is 4.79 Å². The van der Waals surface area contributed by atoms with Crippen molar-refractivity contribution < 1.29 is 18.3 Å². The lowest BCUT2D eigenvalue weighted by Gasteiger charge is -2.30. The lowest BCUT2D eigenvalue weighted by molar-refractivity contribution is -0.142. The molecule has 1 rings (SSSR count). The van der Waals surface area contributed by atoms with Gasteiger partial charge in [-0.25, -0.2) is 0 Å². The molecule has 1 aliphatic heterocycles. The number of hydrogen-bond acceptors (Lipinski definition) is 3. The molecule has 0 aromatic heterocycles. The summed E-state index contributed by atoms with van der Waals surface area (Å²) in [6.07, 6.45) is 1.90. The van der Waals surface area contributed by atoms with Crippen LogP contribution in [0.3, 0.4) is 0 Å². The third-order valence-electron chi connectivity index (χ3n) is 3.58. The number of hydrogen-bond donors (Lipinski definition) is 1. The van der Waals surface area contributed by atoms with Crippen LogP contribution in [0.15, 0.2) is 0 Å². The highest BCUT2D eigenvalue weighted by atomic mass is 32.2. The van der Waals surface area contributed by atoms with Crippen molar-refractivity contribution in [3.05, 3.63) is 0 Å².